The van der Waals surface area contributed by atoms with Crippen LogP contribution in [-0.4, -0.2) is 27.2 Å². The molecule has 2 rings (SSSR count). The average molecular weight is 329 g/mol. The molecule has 1 aliphatic heterocycles. The van der Waals surface area contributed by atoms with Crippen LogP contribution in [0.2, 0.25) is 5.02 Å². The van der Waals surface area contributed by atoms with Crippen LogP contribution in [0.1, 0.15) is 6.42 Å². The molecule has 0 spiro atoms. The number of anilines is 1. The summed E-state index contributed by atoms with van der Waals surface area (Å²) in [7, 11) is 0. The number of nitrogens with zero attached hydrogens (tertiary/aromatic N) is 2. The first-order valence-electron chi connectivity index (χ1n) is 5.65. The summed E-state index contributed by atoms with van der Waals surface area (Å²) < 4.78 is 0. The third-order valence-electron chi connectivity index (χ3n) is 2.56. The van der Waals surface area contributed by atoms with Gasteiger partial charge in [0.1, 0.15) is 10.3 Å². The van der Waals surface area contributed by atoms with E-state index >= 15 is 0 Å². The second-order valence-electron chi connectivity index (χ2n) is 4.07. The number of amides is 2. The lowest BCUT2D eigenvalue weighted by atomic mass is 10.2. The van der Waals surface area contributed by atoms with Crippen molar-refractivity contribution in [3.8, 4) is 0 Å². The SMILES string of the molecule is NC1=NC(=O)[C@@H](CC(=O)Nc2ccc(Cl)c([N+](=O)[O-])c2)S1. The molecule has 3 N–H and O–H groups in total. The van der Waals surface area contributed by atoms with Gasteiger partial charge in [-0.3, -0.25) is 19.7 Å². The number of nitro groups is 1. The molecule has 0 saturated heterocycles. The predicted molar refractivity (Wildman–Crippen MR) is 79.4 cm³/mol. The number of rotatable bonds is 4. The molecule has 0 aromatic heterocycles. The zero-order valence-electron chi connectivity index (χ0n) is 10.4. The monoisotopic (exact) mass is 328 g/mol. The Balaban J connectivity index is 2.02. The minimum absolute atomic E-state index is 0.0271. The minimum atomic E-state index is -0.660. The van der Waals surface area contributed by atoms with Crippen molar-refractivity contribution in [1.29, 1.82) is 0 Å². The van der Waals surface area contributed by atoms with Crippen LogP contribution in [0.4, 0.5) is 11.4 Å². The largest absolute Gasteiger partial charge is 0.378 e. The summed E-state index contributed by atoms with van der Waals surface area (Å²) in [6, 6.07) is 3.89. The van der Waals surface area contributed by atoms with Gasteiger partial charge in [0.25, 0.3) is 11.6 Å². The molecule has 8 nitrogen and oxygen atoms in total. The number of hydrogen-bond donors (Lipinski definition) is 2. The molecule has 0 unspecified atom stereocenters. The van der Waals surface area contributed by atoms with E-state index in [-0.39, 0.29) is 28.0 Å². The standard InChI is InChI=1S/C11H9ClN4O4S/c12-6-2-1-5(3-7(6)16(19)20)14-9(17)4-8-10(18)15-11(13)21-8/h1-3,8H,4H2,(H,14,17)(H2,13,15,18)/t8-/m1/s1. The van der Waals surface area contributed by atoms with Crippen molar-refractivity contribution in [3.63, 3.8) is 0 Å². The number of carbonyl (C=O) groups excluding carboxylic acids is 2. The van der Waals surface area contributed by atoms with E-state index < -0.39 is 22.0 Å². The maximum atomic E-state index is 11.8. The summed E-state index contributed by atoms with van der Waals surface area (Å²) in [5.74, 6) is -0.933. The zero-order valence-corrected chi connectivity index (χ0v) is 12.0. The Morgan fingerprint density at radius 2 is 2.29 bits per heavy atom. The van der Waals surface area contributed by atoms with Crippen molar-refractivity contribution in [2.75, 3.05) is 5.32 Å². The third-order valence-corrected chi connectivity index (χ3v) is 3.86. The molecular formula is C11H9ClN4O4S. The molecule has 1 aliphatic rings. The summed E-state index contributed by atoms with van der Waals surface area (Å²) >= 11 is 6.68. The third kappa shape index (κ3) is 3.70. The highest BCUT2D eigenvalue weighted by Crippen LogP contribution is 2.28. The fourth-order valence-corrected chi connectivity index (χ4v) is 2.65. The lowest BCUT2D eigenvalue weighted by molar-refractivity contribution is -0.384. The zero-order chi connectivity index (χ0) is 15.6. The number of halogens is 1. The van der Waals surface area contributed by atoms with Crippen molar-refractivity contribution in [2.24, 2.45) is 10.7 Å². The summed E-state index contributed by atoms with van der Waals surface area (Å²) in [5.41, 5.74) is 5.30. The first-order valence-corrected chi connectivity index (χ1v) is 6.91. The van der Waals surface area contributed by atoms with Gasteiger partial charge in [0, 0.05) is 18.2 Å². The Bertz CT molecular complexity index is 664. The molecular weight excluding hydrogens is 320 g/mol. The normalized spacial score (nSPS) is 17.5. The number of carbonyl (C=O) groups is 2. The Hall–Kier alpha value is -2.13. The minimum Gasteiger partial charge on any atom is -0.378 e. The van der Waals surface area contributed by atoms with Crippen LogP contribution >= 0.6 is 23.4 Å². The molecule has 0 radical (unpaired) electrons. The van der Waals surface area contributed by atoms with Crippen molar-refractivity contribution in [1.82, 2.24) is 0 Å². The highest BCUT2D eigenvalue weighted by Gasteiger charge is 2.29. The van der Waals surface area contributed by atoms with Gasteiger partial charge in [0.2, 0.25) is 5.91 Å². The fraction of sp³-hybridized carbons (Fsp3) is 0.182. The van der Waals surface area contributed by atoms with Crippen molar-refractivity contribution in [3.05, 3.63) is 33.3 Å². The van der Waals surface area contributed by atoms with Crippen LogP contribution < -0.4 is 11.1 Å². The molecule has 0 aliphatic carbocycles. The molecule has 0 fully saturated rings. The molecule has 2 amide bonds. The van der Waals surface area contributed by atoms with Gasteiger partial charge in [-0.1, -0.05) is 23.4 Å². The van der Waals surface area contributed by atoms with Gasteiger partial charge in [-0.15, -0.1) is 0 Å². The summed E-state index contributed by atoms with van der Waals surface area (Å²) in [5, 5.41) is 12.7. The molecule has 1 heterocycles. The molecule has 1 atom stereocenters. The van der Waals surface area contributed by atoms with Crippen LogP contribution in [0.15, 0.2) is 23.2 Å². The topological polar surface area (TPSA) is 128 Å². The van der Waals surface area contributed by atoms with E-state index in [1.807, 2.05) is 0 Å². The van der Waals surface area contributed by atoms with E-state index in [4.69, 9.17) is 17.3 Å². The number of amidine groups is 1. The Morgan fingerprint density at radius 1 is 1.57 bits per heavy atom. The van der Waals surface area contributed by atoms with Crippen molar-refractivity contribution < 1.29 is 14.5 Å². The molecule has 1 aromatic rings. The summed E-state index contributed by atoms with van der Waals surface area (Å²) in [4.78, 5) is 36.8. The van der Waals surface area contributed by atoms with Crippen LogP contribution in [0.25, 0.3) is 0 Å². The van der Waals surface area contributed by atoms with E-state index in [1.165, 1.54) is 12.1 Å². The van der Waals surface area contributed by atoms with Gasteiger partial charge in [-0.2, -0.15) is 4.99 Å². The number of thioether (sulfide) groups is 1. The lowest BCUT2D eigenvalue weighted by Gasteiger charge is -2.08. The maximum Gasteiger partial charge on any atom is 0.289 e. The summed E-state index contributed by atoms with van der Waals surface area (Å²) in [6.45, 7) is 0. The molecule has 21 heavy (non-hydrogen) atoms. The highest BCUT2D eigenvalue weighted by atomic mass is 35.5. The average Bonchev–Trinajstić information content (AvgIpc) is 2.69. The first kappa shape index (κ1) is 15.3. The Morgan fingerprint density at radius 3 is 2.86 bits per heavy atom. The molecule has 0 bridgehead atoms. The molecule has 0 saturated carbocycles. The van der Waals surface area contributed by atoms with E-state index in [0.29, 0.717) is 0 Å². The van der Waals surface area contributed by atoms with Crippen LogP contribution in [0.5, 0.6) is 0 Å². The van der Waals surface area contributed by atoms with E-state index in [9.17, 15) is 19.7 Å². The van der Waals surface area contributed by atoms with E-state index in [0.717, 1.165) is 17.8 Å². The Labute approximate surface area is 127 Å². The van der Waals surface area contributed by atoms with Gasteiger partial charge in [0.15, 0.2) is 5.17 Å². The van der Waals surface area contributed by atoms with Gasteiger partial charge >= 0.3 is 0 Å². The van der Waals surface area contributed by atoms with Gasteiger partial charge in [-0.05, 0) is 12.1 Å². The Kier molecular flexibility index (Phi) is 4.43. The van der Waals surface area contributed by atoms with Crippen LogP contribution in [-0.2, 0) is 9.59 Å². The smallest absolute Gasteiger partial charge is 0.289 e. The van der Waals surface area contributed by atoms with Crippen LogP contribution in [0, 0.1) is 10.1 Å². The van der Waals surface area contributed by atoms with Gasteiger partial charge < -0.3 is 11.1 Å². The number of nitro benzene ring substituents is 1. The number of nitrogens with one attached hydrogen (secondary N) is 1. The van der Waals surface area contributed by atoms with E-state index in [1.54, 1.807) is 0 Å². The summed E-state index contributed by atoms with van der Waals surface area (Å²) in [6.07, 6.45) is -0.121. The second kappa shape index (κ2) is 6.10. The second-order valence-corrected chi connectivity index (χ2v) is 5.70. The number of hydrogen-bond acceptors (Lipinski definition) is 6. The highest BCUT2D eigenvalue weighted by molar-refractivity contribution is 8.15. The molecule has 110 valence electrons. The maximum absolute atomic E-state index is 11.8. The van der Waals surface area contributed by atoms with Gasteiger partial charge in [-0.25, -0.2) is 0 Å². The number of benzene rings is 1. The van der Waals surface area contributed by atoms with Crippen LogP contribution in [0.3, 0.4) is 0 Å². The predicted octanol–water partition coefficient (Wildman–Crippen LogP) is 1.53. The lowest BCUT2D eigenvalue weighted by Crippen LogP contribution is -2.21. The van der Waals surface area contributed by atoms with Crippen molar-refractivity contribution >= 4 is 51.7 Å². The molecule has 10 heteroatoms. The van der Waals surface area contributed by atoms with Gasteiger partial charge in [0.05, 0.1) is 4.92 Å². The number of nitrogens with two attached hydrogens (primary N) is 1. The molecule has 1 aromatic carbocycles. The first-order chi connectivity index (χ1) is 9.86. The fourth-order valence-electron chi connectivity index (χ4n) is 1.64. The quantitative estimate of drug-likeness (QED) is 0.637. The number of aliphatic imine (C=N–C) groups is 1. The van der Waals surface area contributed by atoms with E-state index in [2.05, 4.69) is 10.3 Å². The van der Waals surface area contributed by atoms with Crippen molar-refractivity contribution in [2.45, 2.75) is 11.7 Å².